The maximum Gasteiger partial charge on any atom is 0.243 e. The van der Waals surface area contributed by atoms with E-state index in [4.69, 9.17) is 14.7 Å². The molecule has 0 bridgehead atoms. The van der Waals surface area contributed by atoms with Crippen molar-refractivity contribution >= 4 is 17.5 Å². The van der Waals surface area contributed by atoms with Crippen molar-refractivity contribution < 1.29 is 34.5 Å². The quantitative estimate of drug-likeness (QED) is 0.157. The van der Waals surface area contributed by atoms with Gasteiger partial charge in [-0.25, -0.2) is 5.48 Å². The van der Waals surface area contributed by atoms with E-state index in [-0.39, 0.29) is 50.2 Å². The van der Waals surface area contributed by atoms with Gasteiger partial charge in [-0.05, 0) is 55.5 Å². The van der Waals surface area contributed by atoms with Gasteiger partial charge in [0.25, 0.3) is 0 Å². The van der Waals surface area contributed by atoms with Gasteiger partial charge in [-0.1, -0.05) is 36.4 Å². The van der Waals surface area contributed by atoms with Crippen molar-refractivity contribution in [2.24, 2.45) is 0 Å². The second-order valence-corrected chi connectivity index (χ2v) is 10.2. The van der Waals surface area contributed by atoms with Crippen molar-refractivity contribution in [2.45, 2.75) is 76.1 Å². The van der Waals surface area contributed by atoms with Crippen LogP contribution in [0.5, 0.6) is 0 Å². The van der Waals surface area contributed by atoms with Crippen LogP contribution in [0.15, 0.2) is 48.5 Å². The lowest BCUT2D eigenvalue weighted by Gasteiger charge is -2.38. The molecule has 4 atom stereocenters. The highest BCUT2D eigenvalue weighted by Crippen LogP contribution is 2.39. The first-order valence-electron chi connectivity index (χ1n) is 13.7. The largest absolute Gasteiger partial charge is 0.395 e. The minimum absolute atomic E-state index is 0.0197. The molecule has 2 aromatic rings. The van der Waals surface area contributed by atoms with E-state index in [2.05, 4.69) is 10.2 Å². The van der Waals surface area contributed by atoms with E-state index in [9.17, 15) is 19.8 Å². The third kappa shape index (κ3) is 8.31. The summed E-state index contributed by atoms with van der Waals surface area (Å²) < 4.78 is 12.9. The summed E-state index contributed by atoms with van der Waals surface area (Å²) in [5, 5.41) is 30.7. The number of hydrogen-bond donors (Lipinski definition) is 5. The Morgan fingerprint density at radius 2 is 1.74 bits per heavy atom. The molecule has 2 amide bonds. The van der Waals surface area contributed by atoms with Crippen LogP contribution in [0.3, 0.4) is 0 Å². The van der Waals surface area contributed by atoms with E-state index in [1.807, 2.05) is 48.5 Å². The Balaban J connectivity index is 1.44. The number of nitrogens with one attached hydrogen (secondary N) is 2. The molecule has 0 aromatic heterocycles. The number of amides is 2. The molecular weight excluding hydrogens is 502 g/mol. The van der Waals surface area contributed by atoms with Gasteiger partial charge >= 0.3 is 0 Å². The Morgan fingerprint density at radius 1 is 0.974 bits per heavy atom. The van der Waals surface area contributed by atoms with Gasteiger partial charge in [-0.3, -0.25) is 19.7 Å². The third-order valence-electron chi connectivity index (χ3n) is 7.39. The summed E-state index contributed by atoms with van der Waals surface area (Å²) in [5.74, 6) is -0.626. The second-order valence-electron chi connectivity index (χ2n) is 10.2. The molecule has 39 heavy (non-hydrogen) atoms. The second kappa shape index (κ2) is 14.5. The number of aliphatic hydroxyl groups excluding tert-OH is 2. The van der Waals surface area contributed by atoms with Crippen LogP contribution < -0.4 is 10.8 Å². The molecule has 0 saturated carbocycles. The molecule has 2 fully saturated rings. The zero-order chi connectivity index (χ0) is 27.6. The highest BCUT2D eigenvalue weighted by molar-refractivity contribution is 5.90. The summed E-state index contributed by atoms with van der Waals surface area (Å²) >= 11 is 0. The Hall–Kier alpha value is -2.86. The predicted octanol–water partition coefficient (Wildman–Crippen LogP) is 3.19. The zero-order valence-electron chi connectivity index (χ0n) is 22.1. The number of aliphatic hydroxyl groups is 2. The summed E-state index contributed by atoms with van der Waals surface area (Å²) in [6.07, 6.45) is 3.17. The Morgan fingerprint density at radius 3 is 2.46 bits per heavy atom. The van der Waals surface area contributed by atoms with Gasteiger partial charge in [-0.2, -0.15) is 0 Å². The van der Waals surface area contributed by atoms with E-state index in [0.717, 1.165) is 36.1 Å². The maximum absolute atomic E-state index is 12.4. The molecule has 0 aliphatic carbocycles. The van der Waals surface area contributed by atoms with Crippen LogP contribution in [0.25, 0.3) is 0 Å². The van der Waals surface area contributed by atoms with Gasteiger partial charge in [-0.15, -0.1) is 0 Å². The van der Waals surface area contributed by atoms with Crippen molar-refractivity contribution in [1.82, 2.24) is 10.4 Å². The fraction of sp³-hybridized carbons (Fsp3) is 0.517. The molecular formula is C29H39N3O7. The Kier molecular flexibility index (Phi) is 10.8. The average molecular weight is 542 g/mol. The topological polar surface area (TPSA) is 141 Å². The summed E-state index contributed by atoms with van der Waals surface area (Å²) in [6.45, 7) is 1.74. The van der Waals surface area contributed by atoms with E-state index < -0.39 is 12.2 Å². The lowest BCUT2D eigenvalue weighted by molar-refractivity contribution is -0.253. The van der Waals surface area contributed by atoms with E-state index in [0.29, 0.717) is 31.5 Å². The number of carbonyl (C=O) groups is 2. The first kappa shape index (κ1) is 29.1. The van der Waals surface area contributed by atoms with E-state index in [1.54, 1.807) is 5.48 Å². The molecule has 5 N–H and O–H groups in total. The zero-order valence-corrected chi connectivity index (χ0v) is 22.1. The summed E-state index contributed by atoms with van der Waals surface area (Å²) in [6, 6.07) is 15.3. The minimum Gasteiger partial charge on any atom is -0.395 e. The number of unbranched alkanes of at least 4 members (excludes halogenated alkanes) is 1. The monoisotopic (exact) mass is 541 g/mol. The van der Waals surface area contributed by atoms with Crippen LogP contribution >= 0.6 is 0 Å². The molecule has 2 heterocycles. The van der Waals surface area contributed by atoms with Crippen molar-refractivity contribution in [3.8, 4) is 0 Å². The van der Waals surface area contributed by atoms with Gasteiger partial charge in [0.1, 0.15) is 0 Å². The summed E-state index contributed by atoms with van der Waals surface area (Å²) in [4.78, 5) is 25.9. The molecule has 4 unspecified atom stereocenters. The van der Waals surface area contributed by atoms with Crippen molar-refractivity contribution in [3.63, 3.8) is 0 Å². The molecule has 4 rings (SSSR count). The van der Waals surface area contributed by atoms with Gasteiger partial charge in [0.2, 0.25) is 11.8 Å². The van der Waals surface area contributed by atoms with Crippen LogP contribution in [-0.2, 0) is 25.7 Å². The normalized spacial score (nSPS) is 23.5. The number of hydroxylamine groups is 1. The van der Waals surface area contributed by atoms with Crippen LogP contribution in [0.2, 0.25) is 0 Å². The van der Waals surface area contributed by atoms with Crippen LogP contribution in [0, 0.1) is 0 Å². The van der Waals surface area contributed by atoms with Gasteiger partial charge in [0, 0.05) is 43.1 Å². The summed E-state index contributed by atoms with van der Waals surface area (Å²) in [7, 11) is 0. The number of ether oxygens (including phenoxy) is 2. The molecule has 2 saturated heterocycles. The predicted molar refractivity (Wildman–Crippen MR) is 144 cm³/mol. The van der Waals surface area contributed by atoms with Crippen molar-refractivity contribution in [3.05, 3.63) is 65.2 Å². The number of carbonyl (C=O) groups excluding carboxylic acids is 2. The molecule has 212 valence electrons. The number of rotatable bonds is 12. The minimum atomic E-state index is -0.643. The smallest absolute Gasteiger partial charge is 0.243 e. The first-order valence-corrected chi connectivity index (χ1v) is 13.7. The first-order chi connectivity index (χ1) is 19.0. The number of likely N-dealkylation sites (tertiary alicyclic amines) is 1. The number of benzene rings is 2. The van der Waals surface area contributed by atoms with Crippen molar-refractivity contribution in [1.29, 1.82) is 0 Å². The highest BCUT2D eigenvalue weighted by Gasteiger charge is 2.35. The molecule has 2 aliphatic heterocycles. The van der Waals surface area contributed by atoms with Crippen molar-refractivity contribution in [2.75, 3.05) is 25.0 Å². The molecule has 10 nitrogen and oxygen atoms in total. The van der Waals surface area contributed by atoms with Crippen LogP contribution in [0.4, 0.5) is 5.69 Å². The lowest BCUT2D eigenvalue weighted by atomic mass is 9.99. The fourth-order valence-corrected chi connectivity index (χ4v) is 5.25. The number of nitrogens with zero attached hydrogens (tertiary/aromatic N) is 1. The SMILES string of the molecule is O=C(CCCCC(=O)Nc1cccc(C2OC(CN3CCCC3CO)CC(c3ccc(CO)cc3)O2)c1)NO. The third-order valence-corrected chi connectivity index (χ3v) is 7.39. The fourth-order valence-electron chi connectivity index (χ4n) is 5.25. The van der Waals surface area contributed by atoms with Crippen LogP contribution in [0.1, 0.15) is 74.0 Å². The average Bonchev–Trinajstić information content (AvgIpc) is 3.42. The Labute approximate surface area is 228 Å². The molecule has 2 aliphatic rings. The van der Waals surface area contributed by atoms with E-state index in [1.165, 1.54) is 0 Å². The van der Waals surface area contributed by atoms with Crippen LogP contribution in [-0.4, -0.2) is 64.0 Å². The lowest BCUT2D eigenvalue weighted by Crippen LogP contribution is -2.42. The highest BCUT2D eigenvalue weighted by atomic mass is 16.7. The van der Waals surface area contributed by atoms with Gasteiger partial charge in [0.05, 0.1) is 25.4 Å². The molecule has 0 spiro atoms. The number of hydrogen-bond acceptors (Lipinski definition) is 8. The molecule has 10 heteroatoms. The van der Waals surface area contributed by atoms with Gasteiger partial charge < -0.3 is 25.0 Å². The van der Waals surface area contributed by atoms with Gasteiger partial charge in [0.15, 0.2) is 6.29 Å². The standard InChI is InChI=1S/C29H39N3O7/c33-18-20-10-12-21(13-11-20)26-16-25(17-32-14-4-7-24(32)19-34)38-29(39-26)22-5-3-6-23(15-22)30-27(35)8-1-2-9-28(36)31-37/h3,5-6,10-13,15,24-26,29,33-34,37H,1-2,4,7-9,14,16-19H2,(H,30,35)(H,31,36). The molecule has 0 radical (unpaired) electrons. The summed E-state index contributed by atoms with van der Waals surface area (Å²) in [5.41, 5.74) is 4.84. The Bertz CT molecular complexity index is 1080. The number of anilines is 1. The maximum atomic E-state index is 12.4. The van der Waals surface area contributed by atoms with E-state index >= 15 is 0 Å². The molecule has 2 aromatic carbocycles.